The van der Waals surface area contributed by atoms with E-state index in [-0.39, 0.29) is 0 Å². The summed E-state index contributed by atoms with van der Waals surface area (Å²) in [7, 11) is 3.91. The molecule has 90 valence electrons. The highest BCUT2D eigenvalue weighted by atomic mass is 15.2. The van der Waals surface area contributed by atoms with E-state index in [2.05, 4.69) is 25.5 Å². The van der Waals surface area contributed by atoms with Crippen molar-refractivity contribution >= 4 is 17.5 Å². The van der Waals surface area contributed by atoms with Crippen LogP contribution in [0.25, 0.3) is 0 Å². The number of aromatic amines is 1. The number of H-pyrrole nitrogens is 1. The van der Waals surface area contributed by atoms with Crippen LogP contribution in [0.3, 0.4) is 0 Å². The van der Waals surface area contributed by atoms with Crippen LogP contribution in [0.15, 0.2) is 12.4 Å². The molecule has 2 rings (SSSR count). The summed E-state index contributed by atoms with van der Waals surface area (Å²) in [4.78, 5) is 10.4. The second kappa shape index (κ2) is 4.40. The maximum absolute atomic E-state index is 4.23. The average Bonchev–Trinajstić information content (AvgIpc) is 2.67. The third-order valence-electron chi connectivity index (χ3n) is 2.43. The SMILES string of the molecule is Cc1cc(Nc2ncnc(N(C)C)c2C)n[nH]1. The van der Waals surface area contributed by atoms with Gasteiger partial charge >= 0.3 is 0 Å². The lowest BCUT2D eigenvalue weighted by Crippen LogP contribution is -2.13. The molecule has 0 fully saturated rings. The van der Waals surface area contributed by atoms with E-state index in [1.807, 2.05) is 38.9 Å². The Morgan fingerprint density at radius 1 is 1.24 bits per heavy atom. The van der Waals surface area contributed by atoms with Crippen LogP contribution in [0, 0.1) is 13.8 Å². The third kappa shape index (κ3) is 2.35. The summed E-state index contributed by atoms with van der Waals surface area (Å²) >= 11 is 0. The van der Waals surface area contributed by atoms with Gasteiger partial charge in [-0.25, -0.2) is 9.97 Å². The summed E-state index contributed by atoms with van der Waals surface area (Å²) in [5, 5.41) is 10.2. The first kappa shape index (κ1) is 11.4. The molecule has 0 saturated heterocycles. The van der Waals surface area contributed by atoms with E-state index < -0.39 is 0 Å². The van der Waals surface area contributed by atoms with Crippen LogP contribution in [0.4, 0.5) is 17.5 Å². The van der Waals surface area contributed by atoms with E-state index >= 15 is 0 Å². The van der Waals surface area contributed by atoms with Crippen LogP contribution in [-0.2, 0) is 0 Å². The molecule has 0 amide bonds. The van der Waals surface area contributed by atoms with Crippen LogP contribution >= 0.6 is 0 Å². The molecular weight excluding hydrogens is 216 g/mol. The van der Waals surface area contributed by atoms with Gasteiger partial charge in [0, 0.05) is 31.4 Å². The van der Waals surface area contributed by atoms with Crippen molar-refractivity contribution in [3.8, 4) is 0 Å². The first-order chi connectivity index (χ1) is 8.08. The maximum Gasteiger partial charge on any atom is 0.153 e. The molecule has 0 aliphatic carbocycles. The summed E-state index contributed by atoms with van der Waals surface area (Å²) in [6, 6.07) is 1.93. The van der Waals surface area contributed by atoms with E-state index in [0.29, 0.717) is 0 Å². The standard InChI is InChI=1S/C11H16N6/c1-7-5-9(16-15-7)14-10-8(2)11(17(3)4)13-6-12-10/h5-6H,1-4H3,(H2,12,13,14,15,16). The van der Waals surface area contributed by atoms with Gasteiger partial charge in [0.05, 0.1) is 0 Å². The number of rotatable bonds is 3. The molecule has 0 spiro atoms. The highest BCUT2D eigenvalue weighted by molar-refractivity contribution is 5.62. The van der Waals surface area contributed by atoms with Gasteiger partial charge < -0.3 is 10.2 Å². The van der Waals surface area contributed by atoms with Crippen molar-refractivity contribution in [1.29, 1.82) is 0 Å². The number of nitrogens with zero attached hydrogens (tertiary/aromatic N) is 4. The smallest absolute Gasteiger partial charge is 0.153 e. The molecule has 2 N–H and O–H groups in total. The van der Waals surface area contributed by atoms with Gasteiger partial charge in [-0.15, -0.1) is 0 Å². The van der Waals surface area contributed by atoms with Gasteiger partial charge in [-0.2, -0.15) is 5.10 Å². The Hall–Kier alpha value is -2.11. The van der Waals surface area contributed by atoms with E-state index in [1.54, 1.807) is 6.33 Å². The predicted molar refractivity (Wildman–Crippen MR) is 67.7 cm³/mol. The Bertz CT molecular complexity index is 516. The lowest BCUT2D eigenvalue weighted by atomic mass is 10.3. The van der Waals surface area contributed by atoms with Gasteiger partial charge in [0.2, 0.25) is 0 Å². The quantitative estimate of drug-likeness (QED) is 0.841. The second-order valence-corrected chi connectivity index (χ2v) is 4.13. The fourth-order valence-electron chi connectivity index (χ4n) is 1.62. The van der Waals surface area contributed by atoms with Crippen LogP contribution in [-0.4, -0.2) is 34.3 Å². The zero-order chi connectivity index (χ0) is 12.4. The summed E-state index contributed by atoms with van der Waals surface area (Å²) in [5.41, 5.74) is 2.00. The molecule has 0 saturated carbocycles. The minimum atomic E-state index is 0.758. The van der Waals surface area contributed by atoms with Crippen molar-refractivity contribution < 1.29 is 0 Å². The fraction of sp³-hybridized carbons (Fsp3) is 0.364. The summed E-state index contributed by atoms with van der Waals surface area (Å²) in [5.74, 6) is 2.43. The molecular formula is C11H16N6. The van der Waals surface area contributed by atoms with Crippen molar-refractivity contribution in [2.45, 2.75) is 13.8 Å². The van der Waals surface area contributed by atoms with Crippen molar-refractivity contribution in [1.82, 2.24) is 20.2 Å². The van der Waals surface area contributed by atoms with Crippen LogP contribution in [0.5, 0.6) is 0 Å². The number of hydrogen-bond acceptors (Lipinski definition) is 5. The normalized spacial score (nSPS) is 10.4. The molecule has 2 aromatic heterocycles. The van der Waals surface area contributed by atoms with Crippen molar-refractivity contribution in [2.75, 3.05) is 24.3 Å². The number of aryl methyl sites for hydroxylation is 1. The monoisotopic (exact) mass is 232 g/mol. The maximum atomic E-state index is 4.23. The minimum absolute atomic E-state index is 0.758. The van der Waals surface area contributed by atoms with Gasteiger partial charge in [-0.1, -0.05) is 0 Å². The van der Waals surface area contributed by atoms with Crippen molar-refractivity contribution in [3.63, 3.8) is 0 Å². The second-order valence-electron chi connectivity index (χ2n) is 4.13. The lowest BCUT2D eigenvalue weighted by Gasteiger charge is -2.15. The molecule has 2 heterocycles. The molecule has 0 bridgehead atoms. The van der Waals surface area contributed by atoms with Crippen LogP contribution < -0.4 is 10.2 Å². The Balaban J connectivity index is 2.30. The zero-order valence-electron chi connectivity index (χ0n) is 10.4. The fourth-order valence-corrected chi connectivity index (χ4v) is 1.62. The van der Waals surface area contributed by atoms with E-state index in [4.69, 9.17) is 0 Å². The summed E-state index contributed by atoms with van der Waals surface area (Å²) < 4.78 is 0. The Morgan fingerprint density at radius 2 is 2.00 bits per heavy atom. The number of nitrogens with one attached hydrogen (secondary N) is 2. The molecule has 6 heteroatoms. The summed E-state index contributed by atoms with van der Waals surface area (Å²) in [6.45, 7) is 3.94. The van der Waals surface area contributed by atoms with E-state index in [0.717, 1.165) is 28.7 Å². The van der Waals surface area contributed by atoms with Gasteiger partial charge in [-0.05, 0) is 13.8 Å². The Morgan fingerprint density at radius 3 is 2.59 bits per heavy atom. The predicted octanol–water partition coefficient (Wildman–Crippen LogP) is 1.63. The lowest BCUT2D eigenvalue weighted by molar-refractivity contribution is 1.01. The van der Waals surface area contributed by atoms with Gasteiger partial charge in [0.25, 0.3) is 0 Å². The molecule has 0 radical (unpaired) electrons. The molecule has 0 aromatic carbocycles. The topological polar surface area (TPSA) is 69.7 Å². The molecule has 0 atom stereocenters. The number of anilines is 3. The highest BCUT2D eigenvalue weighted by Crippen LogP contribution is 2.22. The molecule has 0 aliphatic rings. The highest BCUT2D eigenvalue weighted by Gasteiger charge is 2.09. The Kier molecular flexibility index (Phi) is 2.95. The van der Waals surface area contributed by atoms with E-state index in [1.165, 1.54) is 0 Å². The van der Waals surface area contributed by atoms with Crippen LogP contribution in [0.2, 0.25) is 0 Å². The average molecular weight is 232 g/mol. The molecule has 2 aromatic rings. The number of aromatic nitrogens is 4. The Labute approximate surface area is 100 Å². The van der Waals surface area contributed by atoms with Gasteiger partial charge in [0.1, 0.15) is 18.0 Å². The van der Waals surface area contributed by atoms with Crippen molar-refractivity contribution in [2.24, 2.45) is 0 Å². The first-order valence-electron chi connectivity index (χ1n) is 5.36. The van der Waals surface area contributed by atoms with Gasteiger partial charge in [0.15, 0.2) is 5.82 Å². The van der Waals surface area contributed by atoms with Crippen LogP contribution in [0.1, 0.15) is 11.3 Å². The number of hydrogen-bond donors (Lipinski definition) is 2. The largest absolute Gasteiger partial charge is 0.362 e. The molecule has 6 nitrogen and oxygen atoms in total. The summed E-state index contributed by atoms with van der Waals surface area (Å²) in [6.07, 6.45) is 1.55. The first-order valence-corrected chi connectivity index (χ1v) is 5.36. The third-order valence-corrected chi connectivity index (χ3v) is 2.43. The van der Waals surface area contributed by atoms with Gasteiger partial charge in [-0.3, -0.25) is 5.10 Å². The molecule has 17 heavy (non-hydrogen) atoms. The molecule has 0 unspecified atom stereocenters. The zero-order valence-corrected chi connectivity index (χ0v) is 10.4. The van der Waals surface area contributed by atoms with E-state index in [9.17, 15) is 0 Å². The molecule has 0 aliphatic heterocycles. The minimum Gasteiger partial charge on any atom is -0.362 e. The van der Waals surface area contributed by atoms with Crippen molar-refractivity contribution in [3.05, 3.63) is 23.7 Å².